The first-order valence-corrected chi connectivity index (χ1v) is 8.47. The third kappa shape index (κ3) is 3.15. The number of fused-ring (bicyclic) bond motifs is 3. The van der Waals surface area contributed by atoms with Crippen molar-refractivity contribution in [1.82, 2.24) is 19.6 Å². The van der Waals surface area contributed by atoms with Gasteiger partial charge >= 0.3 is 0 Å². The van der Waals surface area contributed by atoms with E-state index < -0.39 is 0 Å². The van der Waals surface area contributed by atoms with E-state index in [2.05, 4.69) is 40.6 Å². The Balaban J connectivity index is 1.61. The van der Waals surface area contributed by atoms with E-state index in [1.807, 2.05) is 0 Å². The fraction of sp³-hybridized carbons (Fsp3) is 0.812. The maximum atomic E-state index is 6.50. The standard InChI is InChI=1S/C16H29N5/c1-3-14(4-2)21-6-5-13(18-21)11-15(17)16-12-19-7-9-20(16)10-8-19/h5-6,14-16H,3-4,7-12,17H2,1-2H3. The van der Waals surface area contributed by atoms with E-state index in [4.69, 9.17) is 10.8 Å². The van der Waals surface area contributed by atoms with Gasteiger partial charge in [0.25, 0.3) is 0 Å². The number of rotatable bonds is 6. The highest BCUT2D eigenvalue weighted by molar-refractivity contribution is 5.05. The van der Waals surface area contributed by atoms with Gasteiger partial charge in [-0.15, -0.1) is 0 Å². The molecule has 3 aliphatic heterocycles. The molecule has 0 radical (unpaired) electrons. The number of hydrogen-bond donors (Lipinski definition) is 1. The minimum atomic E-state index is 0.193. The molecular formula is C16H29N5. The zero-order valence-corrected chi connectivity index (χ0v) is 13.4. The summed E-state index contributed by atoms with van der Waals surface area (Å²) in [6, 6.07) is 3.37. The molecule has 2 bridgehead atoms. The molecule has 2 N–H and O–H groups in total. The molecule has 2 atom stereocenters. The number of piperazine rings is 3. The predicted molar refractivity (Wildman–Crippen MR) is 85.3 cm³/mol. The number of aromatic nitrogens is 2. The Bertz CT molecular complexity index is 445. The van der Waals surface area contributed by atoms with Crippen molar-refractivity contribution < 1.29 is 0 Å². The number of hydrogen-bond acceptors (Lipinski definition) is 4. The second-order valence-corrected chi connectivity index (χ2v) is 6.53. The summed E-state index contributed by atoms with van der Waals surface area (Å²) in [5.74, 6) is 0. The Morgan fingerprint density at radius 2 is 1.95 bits per heavy atom. The lowest BCUT2D eigenvalue weighted by Gasteiger charge is -2.49. The van der Waals surface area contributed by atoms with E-state index in [9.17, 15) is 0 Å². The fourth-order valence-electron chi connectivity index (χ4n) is 3.79. The van der Waals surface area contributed by atoms with Gasteiger partial charge in [-0.05, 0) is 18.9 Å². The van der Waals surface area contributed by atoms with Crippen LogP contribution in [0.3, 0.4) is 0 Å². The zero-order valence-electron chi connectivity index (χ0n) is 13.4. The molecule has 21 heavy (non-hydrogen) atoms. The Hall–Kier alpha value is -0.910. The van der Waals surface area contributed by atoms with Crippen molar-refractivity contribution in [2.45, 2.75) is 51.2 Å². The van der Waals surface area contributed by atoms with E-state index in [1.165, 1.54) is 26.2 Å². The summed E-state index contributed by atoms with van der Waals surface area (Å²) in [5.41, 5.74) is 7.65. The first-order chi connectivity index (χ1) is 10.2. The van der Waals surface area contributed by atoms with Gasteiger partial charge in [-0.3, -0.25) is 14.5 Å². The van der Waals surface area contributed by atoms with Crippen LogP contribution >= 0.6 is 0 Å². The van der Waals surface area contributed by atoms with Gasteiger partial charge in [-0.1, -0.05) is 13.8 Å². The van der Waals surface area contributed by atoms with Crippen molar-refractivity contribution in [2.24, 2.45) is 5.73 Å². The SMILES string of the molecule is CCC(CC)n1ccc(CC(N)C2CN3CCN2CC3)n1. The smallest absolute Gasteiger partial charge is 0.0640 e. The average molecular weight is 291 g/mol. The molecule has 118 valence electrons. The molecule has 3 aliphatic rings. The Morgan fingerprint density at radius 3 is 2.52 bits per heavy atom. The molecule has 3 fully saturated rings. The highest BCUT2D eigenvalue weighted by atomic mass is 15.4. The molecule has 4 rings (SSSR count). The van der Waals surface area contributed by atoms with Gasteiger partial charge in [-0.2, -0.15) is 5.10 Å². The molecule has 0 spiro atoms. The molecule has 0 amide bonds. The van der Waals surface area contributed by atoms with Crippen LogP contribution in [0.15, 0.2) is 12.3 Å². The first kappa shape index (κ1) is 15.0. The van der Waals surface area contributed by atoms with Gasteiger partial charge in [-0.25, -0.2) is 0 Å². The van der Waals surface area contributed by atoms with Crippen molar-refractivity contribution in [2.75, 3.05) is 32.7 Å². The van der Waals surface area contributed by atoms with E-state index >= 15 is 0 Å². The quantitative estimate of drug-likeness (QED) is 0.853. The second kappa shape index (κ2) is 6.46. The van der Waals surface area contributed by atoms with Crippen LogP contribution < -0.4 is 5.73 Å². The fourth-order valence-corrected chi connectivity index (χ4v) is 3.79. The Labute approximate surface area is 128 Å². The van der Waals surface area contributed by atoms with E-state index in [0.717, 1.165) is 31.5 Å². The van der Waals surface area contributed by atoms with Crippen LogP contribution in [0.5, 0.6) is 0 Å². The summed E-state index contributed by atoms with van der Waals surface area (Å²) in [4.78, 5) is 5.12. The third-order valence-corrected chi connectivity index (χ3v) is 5.24. The summed E-state index contributed by atoms with van der Waals surface area (Å²) in [6.45, 7) is 10.4. The van der Waals surface area contributed by atoms with E-state index in [-0.39, 0.29) is 6.04 Å². The highest BCUT2D eigenvalue weighted by Crippen LogP contribution is 2.20. The van der Waals surface area contributed by atoms with Crippen molar-refractivity contribution in [3.05, 3.63) is 18.0 Å². The van der Waals surface area contributed by atoms with Crippen molar-refractivity contribution in [3.8, 4) is 0 Å². The summed E-state index contributed by atoms with van der Waals surface area (Å²) in [5, 5.41) is 4.75. The van der Waals surface area contributed by atoms with Crippen LogP contribution in [-0.4, -0.2) is 64.4 Å². The third-order valence-electron chi connectivity index (χ3n) is 5.24. The maximum absolute atomic E-state index is 6.50. The average Bonchev–Trinajstić information content (AvgIpc) is 2.98. The van der Waals surface area contributed by atoms with Gasteiger partial charge < -0.3 is 5.73 Å². The molecule has 0 aromatic carbocycles. The first-order valence-electron chi connectivity index (χ1n) is 8.47. The lowest BCUT2D eigenvalue weighted by atomic mass is 9.97. The van der Waals surface area contributed by atoms with Gasteiger partial charge in [0.05, 0.1) is 11.7 Å². The molecule has 5 nitrogen and oxygen atoms in total. The molecule has 1 aromatic heterocycles. The minimum absolute atomic E-state index is 0.193. The molecule has 0 aliphatic carbocycles. The van der Waals surface area contributed by atoms with Crippen LogP contribution in [0.1, 0.15) is 38.4 Å². The maximum Gasteiger partial charge on any atom is 0.0640 e. The molecular weight excluding hydrogens is 262 g/mol. The highest BCUT2D eigenvalue weighted by Gasteiger charge is 2.35. The van der Waals surface area contributed by atoms with Gasteiger partial charge in [0.1, 0.15) is 0 Å². The Kier molecular flexibility index (Phi) is 4.62. The molecule has 5 heteroatoms. The summed E-state index contributed by atoms with van der Waals surface area (Å²) in [7, 11) is 0. The van der Waals surface area contributed by atoms with Crippen LogP contribution in [0.4, 0.5) is 0 Å². The zero-order chi connectivity index (χ0) is 14.8. The molecule has 0 saturated carbocycles. The monoisotopic (exact) mass is 291 g/mol. The molecule has 1 aromatic rings. The number of nitrogens with two attached hydrogens (primary N) is 1. The van der Waals surface area contributed by atoms with Gasteiger partial charge in [0.15, 0.2) is 0 Å². The molecule has 3 saturated heterocycles. The summed E-state index contributed by atoms with van der Waals surface area (Å²) >= 11 is 0. The molecule has 4 heterocycles. The van der Waals surface area contributed by atoms with Crippen molar-refractivity contribution in [3.63, 3.8) is 0 Å². The van der Waals surface area contributed by atoms with E-state index in [1.54, 1.807) is 0 Å². The van der Waals surface area contributed by atoms with Crippen LogP contribution in [-0.2, 0) is 6.42 Å². The van der Waals surface area contributed by atoms with Crippen LogP contribution in [0.2, 0.25) is 0 Å². The van der Waals surface area contributed by atoms with Gasteiger partial charge in [0.2, 0.25) is 0 Å². The predicted octanol–water partition coefficient (Wildman–Crippen LogP) is 1.11. The second-order valence-electron chi connectivity index (χ2n) is 6.53. The Morgan fingerprint density at radius 1 is 1.24 bits per heavy atom. The normalized spacial score (nSPS) is 30.0. The topological polar surface area (TPSA) is 50.3 Å². The lowest BCUT2D eigenvalue weighted by Crippen LogP contribution is -2.66. The van der Waals surface area contributed by atoms with Crippen LogP contribution in [0, 0.1) is 0 Å². The number of nitrogens with zero attached hydrogens (tertiary/aromatic N) is 4. The molecule has 2 unspecified atom stereocenters. The van der Waals surface area contributed by atoms with Gasteiger partial charge in [0, 0.05) is 57.4 Å². The lowest BCUT2D eigenvalue weighted by molar-refractivity contribution is 0.00245. The van der Waals surface area contributed by atoms with Crippen molar-refractivity contribution in [1.29, 1.82) is 0 Å². The largest absolute Gasteiger partial charge is 0.326 e. The van der Waals surface area contributed by atoms with E-state index in [0.29, 0.717) is 12.1 Å². The summed E-state index contributed by atoms with van der Waals surface area (Å²) < 4.78 is 2.12. The summed E-state index contributed by atoms with van der Waals surface area (Å²) in [6.07, 6.45) is 5.28. The minimum Gasteiger partial charge on any atom is -0.326 e. The van der Waals surface area contributed by atoms with Crippen LogP contribution in [0.25, 0.3) is 0 Å². The van der Waals surface area contributed by atoms with Crippen molar-refractivity contribution >= 4 is 0 Å².